The van der Waals surface area contributed by atoms with Crippen molar-refractivity contribution in [3.8, 4) is 0 Å². The van der Waals surface area contributed by atoms with E-state index in [4.69, 9.17) is 10.5 Å². The lowest BCUT2D eigenvalue weighted by Gasteiger charge is -2.20. The van der Waals surface area contributed by atoms with Crippen molar-refractivity contribution in [2.45, 2.75) is 18.2 Å². The average molecular weight is 270 g/mol. The molecule has 0 radical (unpaired) electrons. The SMILES string of the molecule is Cc1c(N)cccc1S(=O)(=O)N1CCCOCC1. The van der Waals surface area contributed by atoms with E-state index >= 15 is 0 Å². The molecule has 0 aromatic heterocycles. The van der Waals surface area contributed by atoms with Gasteiger partial charge < -0.3 is 10.5 Å². The Morgan fingerprint density at radius 2 is 2.06 bits per heavy atom. The van der Waals surface area contributed by atoms with Crippen LogP contribution in [0.5, 0.6) is 0 Å². The first-order chi connectivity index (χ1) is 8.53. The lowest BCUT2D eigenvalue weighted by Crippen LogP contribution is -2.33. The van der Waals surface area contributed by atoms with Crippen LogP contribution in [0.4, 0.5) is 5.69 Å². The van der Waals surface area contributed by atoms with Crippen molar-refractivity contribution in [2.75, 3.05) is 32.0 Å². The molecule has 1 aliphatic heterocycles. The topological polar surface area (TPSA) is 72.6 Å². The normalized spacial score (nSPS) is 18.5. The maximum Gasteiger partial charge on any atom is 0.243 e. The van der Waals surface area contributed by atoms with E-state index in [0.717, 1.165) is 6.42 Å². The molecule has 1 saturated heterocycles. The molecule has 5 nitrogen and oxygen atoms in total. The summed E-state index contributed by atoms with van der Waals surface area (Å²) in [5.41, 5.74) is 6.89. The van der Waals surface area contributed by atoms with E-state index in [1.807, 2.05) is 0 Å². The first-order valence-corrected chi connectivity index (χ1v) is 7.40. The van der Waals surface area contributed by atoms with Crippen LogP contribution in [0, 0.1) is 6.92 Å². The lowest BCUT2D eigenvalue weighted by atomic mass is 10.2. The minimum absolute atomic E-state index is 0.296. The molecule has 1 aliphatic rings. The zero-order chi connectivity index (χ0) is 13.2. The smallest absolute Gasteiger partial charge is 0.243 e. The van der Waals surface area contributed by atoms with Crippen molar-refractivity contribution in [2.24, 2.45) is 0 Å². The van der Waals surface area contributed by atoms with Crippen molar-refractivity contribution < 1.29 is 13.2 Å². The Morgan fingerprint density at radius 3 is 2.83 bits per heavy atom. The highest BCUT2D eigenvalue weighted by molar-refractivity contribution is 7.89. The number of nitrogens with zero attached hydrogens (tertiary/aromatic N) is 1. The zero-order valence-electron chi connectivity index (χ0n) is 10.4. The van der Waals surface area contributed by atoms with Crippen molar-refractivity contribution >= 4 is 15.7 Å². The van der Waals surface area contributed by atoms with Gasteiger partial charge in [-0.1, -0.05) is 6.07 Å². The van der Waals surface area contributed by atoms with E-state index in [-0.39, 0.29) is 0 Å². The van der Waals surface area contributed by atoms with Gasteiger partial charge in [0.05, 0.1) is 11.5 Å². The van der Waals surface area contributed by atoms with Gasteiger partial charge >= 0.3 is 0 Å². The Hall–Kier alpha value is -1.11. The largest absolute Gasteiger partial charge is 0.398 e. The molecular formula is C12H18N2O3S. The van der Waals surface area contributed by atoms with Gasteiger partial charge in [0.1, 0.15) is 0 Å². The molecule has 0 unspecified atom stereocenters. The highest BCUT2D eigenvalue weighted by Gasteiger charge is 2.27. The molecule has 1 aromatic rings. The second kappa shape index (κ2) is 5.26. The highest BCUT2D eigenvalue weighted by Crippen LogP contribution is 2.24. The summed E-state index contributed by atoms with van der Waals surface area (Å²) in [5, 5.41) is 0. The zero-order valence-corrected chi connectivity index (χ0v) is 11.2. The van der Waals surface area contributed by atoms with Crippen LogP contribution in [-0.2, 0) is 14.8 Å². The van der Waals surface area contributed by atoms with Crippen LogP contribution in [0.25, 0.3) is 0 Å². The summed E-state index contributed by atoms with van der Waals surface area (Å²) in [6.45, 7) is 3.69. The van der Waals surface area contributed by atoms with Gasteiger partial charge in [0, 0.05) is 25.4 Å². The van der Waals surface area contributed by atoms with Gasteiger partial charge in [-0.3, -0.25) is 0 Å². The predicted molar refractivity (Wildman–Crippen MR) is 69.8 cm³/mol. The van der Waals surface area contributed by atoms with Gasteiger partial charge in [-0.05, 0) is 31.0 Å². The Labute approximate surface area is 108 Å². The standard InChI is InChI=1S/C12H18N2O3S/c1-10-11(13)4-2-5-12(10)18(15,16)14-6-3-8-17-9-7-14/h2,4-5H,3,6-9,13H2,1H3. The van der Waals surface area contributed by atoms with E-state index < -0.39 is 10.0 Å². The van der Waals surface area contributed by atoms with Crippen LogP contribution in [0.3, 0.4) is 0 Å². The molecule has 0 spiro atoms. The second-order valence-electron chi connectivity index (χ2n) is 4.34. The van der Waals surface area contributed by atoms with Crippen LogP contribution in [0.1, 0.15) is 12.0 Å². The monoisotopic (exact) mass is 270 g/mol. The summed E-state index contributed by atoms with van der Waals surface area (Å²) in [6.07, 6.45) is 0.723. The molecule has 0 saturated carbocycles. The first kappa shape index (κ1) is 13.3. The summed E-state index contributed by atoms with van der Waals surface area (Å²) < 4.78 is 31.8. The van der Waals surface area contributed by atoms with Crippen LogP contribution in [-0.4, -0.2) is 39.0 Å². The molecule has 2 N–H and O–H groups in total. The fraction of sp³-hybridized carbons (Fsp3) is 0.500. The summed E-state index contributed by atoms with van der Waals surface area (Å²) in [5.74, 6) is 0. The predicted octanol–water partition coefficient (Wildman–Crippen LogP) is 0.988. The third-order valence-corrected chi connectivity index (χ3v) is 5.17. The van der Waals surface area contributed by atoms with Gasteiger partial charge in [0.15, 0.2) is 0 Å². The van der Waals surface area contributed by atoms with Gasteiger partial charge in [-0.2, -0.15) is 4.31 Å². The number of rotatable bonds is 2. The molecule has 0 aliphatic carbocycles. The number of hydrogen-bond acceptors (Lipinski definition) is 4. The average Bonchev–Trinajstić information content (AvgIpc) is 2.61. The molecule has 18 heavy (non-hydrogen) atoms. The highest BCUT2D eigenvalue weighted by atomic mass is 32.2. The maximum absolute atomic E-state index is 12.5. The summed E-state index contributed by atoms with van der Waals surface area (Å²) in [6, 6.07) is 4.98. The summed E-state index contributed by atoms with van der Waals surface area (Å²) in [7, 11) is -3.47. The fourth-order valence-corrected chi connectivity index (χ4v) is 3.73. The lowest BCUT2D eigenvalue weighted by molar-refractivity contribution is 0.148. The van der Waals surface area contributed by atoms with E-state index in [9.17, 15) is 8.42 Å². The maximum atomic E-state index is 12.5. The van der Waals surface area contributed by atoms with Crippen molar-refractivity contribution in [1.82, 2.24) is 4.31 Å². The van der Waals surface area contributed by atoms with Crippen LogP contribution in [0.15, 0.2) is 23.1 Å². The Bertz CT molecular complexity index is 520. The summed E-state index contributed by atoms with van der Waals surface area (Å²) >= 11 is 0. The molecule has 1 fully saturated rings. The molecule has 1 aromatic carbocycles. The number of nitrogens with two attached hydrogens (primary N) is 1. The quantitative estimate of drug-likeness (QED) is 0.813. The number of ether oxygens (including phenoxy) is 1. The third kappa shape index (κ3) is 2.50. The summed E-state index contributed by atoms with van der Waals surface area (Å²) in [4.78, 5) is 0.296. The molecular weight excluding hydrogens is 252 g/mol. The first-order valence-electron chi connectivity index (χ1n) is 5.96. The Balaban J connectivity index is 2.38. The van der Waals surface area contributed by atoms with E-state index in [2.05, 4.69) is 0 Å². The Kier molecular flexibility index (Phi) is 3.89. The van der Waals surface area contributed by atoms with E-state index in [1.165, 1.54) is 4.31 Å². The molecule has 0 bridgehead atoms. The van der Waals surface area contributed by atoms with Gasteiger partial charge in [-0.15, -0.1) is 0 Å². The van der Waals surface area contributed by atoms with Crippen molar-refractivity contribution in [1.29, 1.82) is 0 Å². The number of nitrogen functional groups attached to an aromatic ring is 1. The minimum atomic E-state index is -3.47. The van der Waals surface area contributed by atoms with Gasteiger partial charge in [0.25, 0.3) is 0 Å². The molecule has 1 heterocycles. The van der Waals surface area contributed by atoms with Gasteiger partial charge in [-0.25, -0.2) is 8.42 Å². The fourth-order valence-electron chi connectivity index (χ4n) is 2.01. The van der Waals surface area contributed by atoms with Crippen LogP contribution in [0.2, 0.25) is 0 Å². The molecule has 6 heteroatoms. The Morgan fingerprint density at radius 1 is 1.28 bits per heavy atom. The molecule has 2 rings (SSSR count). The molecule has 100 valence electrons. The number of benzene rings is 1. The number of anilines is 1. The van der Waals surface area contributed by atoms with Crippen molar-refractivity contribution in [3.63, 3.8) is 0 Å². The third-order valence-electron chi connectivity index (χ3n) is 3.13. The van der Waals surface area contributed by atoms with Crippen LogP contribution < -0.4 is 5.73 Å². The van der Waals surface area contributed by atoms with E-state index in [1.54, 1.807) is 25.1 Å². The van der Waals surface area contributed by atoms with Crippen molar-refractivity contribution in [3.05, 3.63) is 23.8 Å². The van der Waals surface area contributed by atoms with Gasteiger partial charge in [0.2, 0.25) is 10.0 Å². The minimum Gasteiger partial charge on any atom is -0.398 e. The van der Waals surface area contributed by atoms with E-state index in [0.29, 0.717) is 42.4 Å². The number of hydrogen-bond donors (Lipinski definition) is 1. The number of sulfonamides is 1. The molecule has 0 atom stereocenters. The molecule has 0 amide bonds. The second-order valence-corrected chi connectivity index (χ2v) is 6.25. The van der Waals surface area contributed by atoms with Crippen LogP contribution >= 0.6 is 0 Å².